The van der Waals surface area contributed by atoms with Gasteiger partial charge in [0.05, 0.1) is 0 Å². The van der Waals surface area contributed by atoms with Crippen LogP contribution in [-0.2, 0) is 10.1 Å². The third-order valence-corrected chi connectivity index (χ3v) is 9.73. The van der Waals surface area contributed by atoms with Crippen molar-refractivity contribution in [2.24, 2.45) is 0 Å². The van der Waals surface area contributed by atoms with Crippen LogP contribution in [0.3, 0.4) is 0 Å². The van der Waals surface area contributed by atoms with Gasteiger partial charge in [-0.15, -0.1) is 0 Å². The van der Waals surface area contributed by atoms with E-state index in [1.807, 2.05) is 43.3 Å². The number of benzene rings is 2. The molecule has 0 amide bonds. The molecule has 3 rings (SSSR count). The molecule has 1 aliphatic heterocycles. The van der Waals surface area contributed by atoms with Crippen molar-refractivity contribution in [3.05, 3.63) is 53.6 Å². The first-order valence-electron chi connectivity index (χ1n) is 5.83. The first kappa shape index (κ1) is 12.1. The van der Waals surface area contributed by atoms with E-state index in [1.165, 1.54) is 15.6 Å². The van der Waals surface area contributed by atoms with Crippen LogP contribution in [0.15, 0.2) is 52.3 Å². The molecule has 0 aliphatic carbocycles. The zero-order valence-electron chi connectivity index (χ0n) is 10.3. The molecule has 1 aliphatic rings. The second kappa shape index (κ2) is 4.32. The van der Waals surface area contributed by atoms with Gasteiger partial charge in [0.25, 0.3) is 0 Å². The summed E-state index contributed by atoms with van der Waals surface area (Å²) in [4.78, 5) is 1.92. The Morgan fingerprint density at radius 3 is 2.50 bits per heavy atom. The summed E-state index contributed by atoms with van der Waals surface area (Å²) in [5.74, 6) is 0. The van der Waals surface area contributed by atoms with E-state index in [-0.39, 0.29) is 15.2 Å². The molecule has 18 heavy (non-hydrogen) atoms. The minimum absolute atomic E-state index is 0.112. The SMILES string of the molecule is Cc1ccc([SH]2(=O)N[Se]c3c(C)cccc32)cc1. The second-order valence-electron chi connectivity index (χ2n) is 4.56. The van der Waals surface area contributed by atoms with Gasteiger partial charge in [0, 0.05) is 0 Å². The molecule has 0 saturated carbocycles. The number of nitrogens with one attached hydrogen (secondary N) is 1. The van der Waals surface area contributed by atoms with E-state index in [2.05, 4.69) is 16.7 Å². The molecule has 0 atom stereocenters. The summed E-state index contributed by atoms with van der Waals surface area (Å²) >= 11 is 0.112. The quantitative estimate of drug-likeness (QED) is 0.604. The number of hydrogen-bond donors (Lipinski definition) is 2. The summed E-state index contributed by atoms with van der Waals surface area (Å²) in [6.07, 6.45) is 0. The fourth-order valence-corrected chi connectivity index (χ4v) is 8.71. The van der Waals surface area contributed by atoms with Crippen molar-refractivity contribution >= 4 is 29.8 Å². The Bertz CT molecular complexity index is 651. The van der Waals surface area contributed by atoms with E-state index in [0.29, 0.717) is 0 Å². The van der Waals surface area contributed by atoms with E-state index in [4.69, 9.17) is 0 Å². The second-order valence-corrected chi connectivity index (χ2v) is 9.39. The molecule has 2 aromatic rings. The molecule has 0 aromatic heterocycles. The van der Waals surface area contributed by atoms with E-state index in [0.717, 1.165) is 9.79 Å². The van der Waals surface area contributed by atoms with Gasteiger partial charge in [-0.25, -0.2) is 0 Å². The third-order valence-electron chi connectivity index (χ3n) is 3.20. The van der Waals surface area contributed by atoms with Crippen LogP contribution in [0.25, 0.3) is 0 Å². The van der Waals surface area contributed by atoms with Crippen molar-refractivity contribution < 1.29 is 4.21 Å². The van der Waals surface area contributed by atoms with Gasteiger partial charge in [0.1, 0.15) is 0 Å². The summed E-state index contributed by atoms with van der Waals surface area (Å²) in [5, 5.41) is 0. The van der Waals surface area contributed by atoms with Gasteiger partial charge in [-0.3, -0.25) is 0 Å². The van der Waals surface area contributed by atoms with E-state index in [1.54, 1.807) is 0 Å². The molecule has 1 N–H and O–H groups in total. The van der Waals surface area contributed by atoms with Crippen LogP contribution in [0.4, 0.5) is 0 Å². The molecule has 0 radical (unpaired) electrons. The molecule has 0 unspecified atom stereocenters. The Morgan fingerprint density at radius 2 is 1.78 bits per heavy atom. The van der Waals surface area contributed by atoms with Crippen molar-refractivity contribution in [1.82, 2.24) is 3.74 Å². The molecular weight excluding hydrogens is 309 g/mol. The minimum atomic E-state index is -2.58. The zero-order chi connectivity index (χ0) is 12.8. The van der Waals surface area contributed by atoms with Gasteiger partial charge in [-0.2, -0.15) is 0 Å². The fourth-order valence-electron chi connectivity index (χ4n) is 2.12. The molecule has 1 heterocycles. The van der Waals surface area contributed by atoms with Crippen LogP contribution in [0.1, 0.15) is 11.1 Å². The fraction of sp³-hybridized carbons (Fsp3) is 0.143. The average molecular weight is 324 g/mol. The maximum atomic E-state index is 13.2. The molecular formula is C14H15NOSSe. The van der Waals surface area contributed by atoms with Gasteiger partial charge in [-0.05, 0) is 0 Å². The van der Waals surface area contributed by atoms with Crippen LogP contribution >= 0.6 is 0 Å². The monoisotopic (exact) mass is 325 g/mol. The topological polar surface area (TPSA) is 29.1 Å². The van der Waals surface area contributed by atoms with Gasteiger partial charge in [0.2, 0.25) is 0 Å². The van der Waals surface area contributed by atoms with E-state index >= 15 is 0 Å². The Hall–Kier alpha value is -0.931. The Kier molecular flexibility index (Phi) is 2.91. The summed E-state index contributed by atoms with van der Waals surface area (Å²) < 4.78 is 17.8. The van der Waals surface area contributed by atoms with Crippen LogP contribution in [-0.4, -0.2) is 19.4 Å². The Labute approximate surface area is 115 Å². The molecule has 2 nitrogen and oxygen atoms in total. The maximum absolute atomic E-state index is 13.2. The molecule has 0 saturated heterocycles. The summed E-state index contributed by atoms with van der Waals surface area (Å²) in [5.41, 5.74) is 2.43. The van der Waals surface area contributed by atoms with Crippen molar-refractivity contribution in [2.45, 2.75) is 23.6 Å². The predicted molar refractivity (Wildman–Crippen MR) is 77.0 cm³/mol. The van der Waals surface area contributed by atoms with Crippen LogP contribution < -0.4 is 8.20 Å². The number of fused-ring (bicyclic) bond motifs is 1. The van der Waals surface area contributed by atoms with Crippen LogP contribution in [0, 0.1) is 13.8 Å². The van der Waals surface area contributed by atoms with Crippen LogP contribution in [0.2, 0.25) is 0 Å². The van der Waals surface area contributed by atoms with Gasteiger partial charge in [-0.1, -0.05) is 0 Å². The normalized spacial score (nSPS) is 18.3. The average Bonchev–Trinajstić information content (AvgIpc) is 2.71. The molecule has 94 valence electrons. The number of hydrogen-bond acceptors (Lipinski definition) is 1. The van der Waals surface area contributed by atoms with Crippen LogP contribution in [0.5, 0.6) is 0 Å². The molecule has 0 bridgehead atoms. The zero-order valence-corrected chi connectivity index (χ0v) is 12.9. The molecule has 4 heteroatoms. The standard InChI is InChI=1S/C14H15NOSSe/c1-10-6-8-12(9-7-10)17(16)13-5-3-4-11(2)14(13)18-15-17/h3-9,17H,1-2H3,(H,15,16). The van der Waals surface area contributed by atoms with Gasteiger partial charge < -0.3 is 0 Å². The molecule has 2 aromatic carbocycles. The first-order chi connectivity index (χ1) is 8.61. The number of rotatable bonds is 1. The summed E-state index contributed by atoms with van der Waals surface area (Å²) in [6.45, 7) is 4.14. The van der Waals surface area contributed by atoms with E-state index in [9.17, 15) is 4.21 Å². The Balaban J connectivity index is 2.18. The number of aryl methyl sites for hydroxylation is 2. The first-order valence-corrected chi connectivity index (χ1v) is 9.25. The van der Waals surface area contributed by atoms with E-state index < -0.39 is 10.1 Å². The third kappa shape index (κ3) is 1.77. The van der Waals surface area contributed by atoms with Gasteiger partial charge >= 0.3 is 115 Å². The number of thiol groups is 1. The molecule has 0 spiro atoms. The molecule has 0 fully saturated rings. The van der Waals surface area contributed by atoms with Crippen molar-refractivity contribution in [2.75, 3.05) is 0 Å². The summed E-state index contributed by atoms with van der Waals surface area (Å²) in [6, 6.07) is 14.1. The van der Waals surface area contributed by atoms with Crippen molar-refractivity contribution in [1.29, 1.82) is 0 Å². The van der Waals surface area contributed by atoms with Crippen molar-refractivity contribution in [3.8, 4) is 0 Å². The predicted octanol–water partition coefficient (Wildman–Crippen LogP) is 1.50. The van der Waals surface area contributed by atoms with Gasteiger partial charge in [0.15, 0.2) is 0 Å². The summed E-state index contributed by atoms with van der Waals surface area (Å²) in [7, 11) is -2.58. The van der Waals surface area contributed by atoms with Crippen molar-refractivity contribution in [3.63, 3.8) is 0 Å². The Morgan fingerprint density at radius 1 is 1.06 bits per heavy atom.